The first-order valence-corrected chi connectivity index (χ1v) is 9.59. The second-order valence-corrected chi connectivity index (χ2v) is 7.35. The van der Waals surface area contributed by atoms with Crippen LogP contribution >= 0.6 is 51.3 Å². The summed E-state index contributed by atoms with van der Waals surface area (Å²) in [4.78, 5) is -0.118. The summed E-state index contributed by atoms with van der Waals surface area (Å²) in [5.74, 6) is 0.214. The topological polar surface area (TPSA) is 54.0 Å². The van der Waals surface area contributed by atoms with Crippen molar-refractivity contribution >= 4 is 51.3 Å². The van der Waals surface area contributed by atoms with Crippen LogP contribution in [0.1, 0.15) is 0 Å². The van der Waals surface area contributed by atoms with E-state index in [9.17, 15) is 4.57 Å². The monoisotopic (exact) mass is 442 g/mol. The molecule has 2 unspecified atom stereocenters. The molecule has 0 aromatic carbocycles. The minimum Gasteiger partial charge on any atom is -0.376 e. The van der Waals surface area contributed by atoms with Gasteiger partial charge in [-0.05, 0) is 0 Å². The van der Waals surface area contributed by atoms with Gasteiger partial charge < -0.3 is 4.74 Å². The Hall–Kier alpha value is 1.06. The average Bonchev–Trinajstić information content (AvgIpc) is 2.41. The predicted molar refractivity (Wildman–Crippen MR) is 83.7 cm³/mol. The molecule has 0 heterocycles. The van der Waals surface area contributed by atoms with E-state index in [-0.39, 0.29) is 30.5 Å². The Morgan fingerprint density at radius 1 is 1.26 bits per heavy atom. The number of hydrogen-bond acceptors (Lipinski definition) is 5. The molecule has 0 aliphatic rings. The van der Waals surface area contributed by atoms with Gasteiger partial charge in [0.05, 0.1) is 37.9 Å². The Kier molecular flexibility index (Phi) is 13.5. The number of halogens is 3. The van der Waals surface area contributed by atoms with E-state index >= 15 is 0 Å². The van der Waals surface area contributed by atoms with Gasteiger partial charge in [-0.1, -0.05) is 37.9 Å². The second kappa shape index (κ2) is 12.8. The van der Waals surface area contributed by atoms with Gasteiger partial charge in [0, 0.05) is 11.2 Å². The fourth-order valence-corrected chi connectivity index (χ4v) is 3.24. The number of hydrogen-bond donors (Lipinski definition) is 0. The lowest BCUT2D eigenvalue weighted by Crippen LogP contribution is -2.16. The number of phosphoric acid groups is 1. The molecule has 0 amide bonds. The van der Waals surface area contributed by atoms with Crippen LogP contribution in [0.4, 0.5) is 0 Å². The summed E-state index contributed by atoms with van der Waals surface area (Å²) < 4.78 is 32.7. The third-order valence-electron chi connectivity index (χ3n) is 1.60. The van der Waals surface area contributed by atoms with Gasteiger partial charge in [-0.2, -0.15) is 0 Å². The van der Waals surface area contributed by atoms with Gasteiger partial charge in [-0.15, -0.1) is 18.2 Å². The molecule has 0 spiro atoms. The van der Waals surface area contributed by atoms with Crippen molar-refractivity contribution in [2.45, 2.75) is 4.83 Å². The lowest BCUT2D eigenvalue weighted by atomic mass is 10.5. The molecule has 0 saturated carbocycles. The molecule has 0 N–H and O–H groups in total. The molecule has 0 radical (unpaired) electrons. The van der Waals surface area contributed by atoms with Crippen molar-refractivity contribution in [3.63, 3.8) is 0 Å². The Bertz CT molecular complexity index is 271. The summed E-state index contributed by atoms with van der Waals surface area (Å²) in [5.41, 5.74) is 0. The fourth-order valence-electron chi connectivity index (χ4n) is 0.904. The summed E-state index contributed by atoms with van der Waals surface area (Å²) in [5, 5.41) is 0.533. The largest absolute Gasteiger partial charge is 0.474 e. The van der Waals surface area contributed by atoms with E-state index in [1.165, 1.54) is 0 Å². The molecule has 0 aliphatic heterocycles. The Labute approximate surface area is 135 Å². The molecular formula is C10H18Br2ClO5P. The van der Waals surface area contributed by atoms with Crippen LogP contribution in [-0.2, 0) is 22.9 Å². The summed E-state index contributed by atoms with van der Waals surface area (Å²) >= 11 is 12.0. The molecule has 0 bridgehead atoms. The van der Waals surface area contributed by atoms with E-state index in [4.69, 9.17) is 29.9 Å². The summed E-state index contributed by atoms with van der Waals surface area (Å²) in [6, 6.07) is 0. The highest BCUT2D eigenvalue weighted by molar-refractivity contribution is 9.09. The Morgan fingerprint density at radius 3 is 2.53 bits per heavy atom. The quantitative estimate of drug-likeness (QED) is 0.188. The van der Waals surface area contributed by atoms with Crippen LogP contribution < -0.4 is 0 Å². The van der Waals surface area contributed by atoms with E-state index in [2.05, 4.69) is 38.4 Å². The van der Waals surface area contributed by atoms with Crippen LogP contribution in [-0.4, -0.2) is 49.1 Å². The number of rotatable bonds is 13. The smallest absolute Gasteiger partial charge is 0.376 e. The zero-order valence-electron chi connectivity index (χ0n) is 10.4. The minimum atomic E-state index is -3.57. The molecule has 0 aromatic heterocycles. The third kappa shape index (κ3) is 11.4. The van der Waals surface area contributed by atoms with Gasteiger partial charge in [0.1, 0.15) is 0 Å². The summed E-state index contributed by atoms with van der Waals surface area (Å²) in [7, 11) is -3.57. The maximum atomic E-state index is 12.1. The van der Waals surface area contributed by atoms with Crippen molar-refractivity contribution in [1.29, 1.82) is 0 Å². The molecule has 0 aliphatic carbocycles. The van der Waals surface area contributed by atoms with Gasteiger partial charge in [0.15, 0.2) is 0 Å². The van der Waals surface area contributed by atoms with Crippen LogP contribution in [0.25, 0.3) is 0 Å². The maximum absolute atomic E-state index is 12.1. The van der Waals surface area contributed by atoms with Crippen LogP contribution in [0.2, 0.25) is 0 Å². The third-order valence-corrected chi connectivity index (χ3v) is 4.07. The van der Waals surface area contributed by atoms with Gasteiger partial charge in [-0.25, -0.2) is 4.57 Å². The summed E-state index contributed by atoms with van der Waals surface area (Å²) in [6.45, 7) is 4.84. The SMILES string of the molecule is C=CCOCC(Br)COP(=O)(OCCCl)OCCBr. The average molecular weight is 444 g/mol. The lowest BCUT2D eigenvalue weighted by molar-refractivity contribution is 0.107. The van der Waals surface area contributed by atoms with E-state index in [1.54, 1.807) is 6.08 Å². The lowest BCUT2D eigenvalue weighted by Gasteiger charge is -2.18. The highest BCUT2D eigenvalue weighted by Gasteiger charge is 2.27. The first-order valence-electron chi connectivity index (χ1n) is 5.56. The highest BCUT2D eigenvalue weighted by atomic mass is 79.9. The normalized spacial score (nSPS) is 15.9. The van der Waals surface area contributed by atoms with E-state index < -0.39 is 7.82 Å². The predicted octanol–water partition coefficient (Wildman–Crippen LogP) is 3.74. The van der Waals surface area contributed by atoms with Crippen LogP contribution in [0.5, 0.6) is 0 Å². The molecule has 0 fully saturated rings. The molecule has 0 rings (SSSR count). The number of alkyl halides is 3. The molecular weight excluding hydrogens is 426 g/mol. The van der Waals surface area contributed by atoms with Crippen LogP contribution in [0.3, 0.4) is 0 Å². The number of phosphoric ester groups is 1. The van der Waals surface area contributed by atoms with Gasteiger partial charge in [-0.3, -0.25) is 13.6 Å². The van der Waals surface area contributed by atoms with Crippen LogP contribution in [0, 0.1) is 0 Å². The zero-order chi connectivity index (χ0) is 14.6. The molecule has 0 aromatic rings. The van der Waals surface area contributed by atoms with Crippen molar-refractivity contribution in [2.24, 2.45) is 0 Å². The zero-order valence-corrected chi connectivity index (χ0v) is 15.3. The van der Waals surface area contributed by atoms with E-state index in [1.807, 2.05) is 0 Å². The molecule has 114 valence electrons. The van der Waals surface area contributed by atoms with Crippen molar-refractivity contribution in [3.8, 4) is 0 Å². The van der Waals surface area contributed by atoms with Gasteiger partial charge in [0.2, 0.25) is 0 Å². The van der Waals surface area contributed by atoms with Crippen molar-refractivity contribution in [2.75, 3.05) is 44.2 Å². The highest BCUT2D eigenvalue weighted by Crippen LogP contribution is 2.49. The van der Waals surface area contributed by atoms with Gasteiger partial charge >= 0.3 is 7.82 Å². The van der Waals surface area contributed by atoms with E-state index in [0.29, 0.717) is 18.5 Å². The molecule has 5 nitrogen and oxygen atoms in total. The number of ether oxygens (including phenoxy) is 1. The first kappa shape index (κ1) is 20.1. The minimum absolute atomic E-state index is 0.0982. The van der Waals surface area contributed by atoms with E-state index in [0.717, 1.165) is 0 Å². The Morgan fingerprint density at radius 2 is 1.95 bits per heavy atom. The molecule has 9 heteroatoms. The van der Waals surface area contributed by atoms with Crippen LogP contribution in [0.15, 0.2) is 12.7 Å². The first-order chi connectivity index (χ1) is 9.08. The molecule has 19 heavy (non-hydrogen) atoms. The molecule has 0 saturated heterocycles. The van der Waals surface area contributed by atoms with Crippen molar-refractivity contribution in [1.82, 2.24) is 0 Å². The fraction of sp³-hybridized carbons (Fsp3) is 0.800. The maximum Gasteiger partial charge on any atom is 0.474 e. The second-order valence-electron chi connectivity index (χ2n) is 3.21. The molecule has 2 atom stereocenters. The van der Waals surface area contributed by atoms with Gasteiger partial charge in [0.25, 0.3) is 0 Å². The Balaban J connectivity index is 4.08. The van der Waals surface area contributed by atoms with Crippen molar-refractivity contribution < 1.29 is 22.9 Å². The van der Waals surface area contributed by atoms with Crippen molar-refractivity contribution in [3.05, 3.63) is 12.7 Å². The standard InChI is InChI=1S/C10H18Br2ClO5P/c1-2-5-15-8-10(12)9-18-19(14,16-6-3-11)17-7-4-13/h2,10H,1,3-9H2. The summed E-state index contributed by atoms with van der Waals surface area (Å²) in [6.07, 6.45) is 1.65.